The van der Waals surface area contributed by atoms with E-state index in [0.717, 1.165) is 11.8 Å². The van der Waals surface area contributed by atoms with E-state index in [1.54, 1.807) is 41.5 Å². The van der Waals surface area contributed by atoms with Crippen LogP contribution in [0.5, 0.6) is 0 Å². The van der Waals surface area contributed by atoms with Crippen molar-refractivity contribution in [3.63, 3.8) is 0 Å². The van der Waals surface area contributed by atoms with Gasteiger partial charge in [-0.1, -0.05) is 41.5 Å². The average molecular weight is 363 g/mol. The lowest BCUT2D eigenvalue weighted by Gasteiger charge is -2.20. The molecule has 0 aliphatic rings. The lowest BCUT2D eigenvalue weighted by molar-refractivity contribution is -0.384. The highest BCUT2D eigenvalue weighted by atomic mass is 32.2. The van der Waals surface area contributed by atoms with Crippen LogP contribution in [0.25, 0.3) is 11.0 Å². The molecule has 1 heterocycles. The van der Waals surface area contributed by atoms with Gasteiger partial charge in [0, 0.05) is 23.0 Å². The maximum absolute atomic E-state index is 12.9. The first-order valence-corrected chi connectivity index (χ1v) is 8.58. The summed E-state index contributed by atoms with van der Waals surface area (Å²) in [6.45, 7) is 10.7. The average Bonchev–Trinajstić information content (AvgIpc) is 2.80. The van der Waals surface area contributed by atoms with Crippen LogP contribution in [-0.4, -0.2) is 25.5 Å². The third-order valence-corrected chi connectivity index (χ3v) is 4.71. The van der Waals surface area contributed by atoms with Gasteiger partial charge in [-0.15, -0.1) is 0 Å². The predicted molar refractivity (Wildman–Crippen MR) is 96.8 cm³/mol. The lowest BCUT2D eigenvalue weighted by atomic mass is 9.95. The molecule has 0 saturated carbocycles. The Kier molecular flexibility index (Phi) is 4.78. The quantitative estimate of drug-likeness (QED) is 0.448. The fourth-order valence-corrected chi connectivity index (χ4v) is 2.88. The largest absolute Gasteiger partial charge is 0.286 e. The van der Waals surface area contributed by atoms with Crippen LogP contribution in [-0.2, 0) is 4.79 Å². The van der Waals surface area contributed by atoms with Crippen LogP contribution in [0.2, 0.25) is 0 Å². The molecule has 134 valence electrons. The monoisotopic (exact) mass is 363 g/mol. The summed E-state index contributed by atoms with van der Waals surface area (Å²) in [5.74, 6) is -0.229. The molecule has 7 nitrogen and oxygen atoms in total. The Labute approximate surface area is 150 Å². The minimum Gasteiger partial charge on any atom is -0.286 e. The van der Waals surface area contributed by atoms with E-state index in [9.17, 15) is 19.7 Å². The standard InChI is InChI=1S/C17H21N3O4S/c1-16(2,3)13(21)19-12-8-7-10(20(23)24)9-11(12)18-15(19)25-14(22)17(4,5)6/h7-9H,1-6H3. The molecule has 0 aliphatic carbocycles. The summed E-state index contributed by atoms with van der Waals surface area (Å²) in [5.41, 5.74) is -0.648. The molecule has 0 atom stereocenters. The molecule has 0 aliphatic heterocycles. The van der Waals surface area contributed by atoms with Gasteiger partial charge >= 0.3 is 0 Å². The van der Waals surface area contributed by atoms with Gasteiger partial charge in [0.15, 0.2) is 5.16 Å². The Morgan fingerprint density at radius 1 is 1.12 bits per heavy atom. The minimum absolute atomic E-state index is 0.112. The van der Waals surface area contributed by atoms with Crippen LogP contribution in [0.3, 0.4) is 0 Å². The highest BCUT2D eigenvalue weighted by molar-refractivity contribution is 8.13. The third-order valence-electron chi connectivity index (χ3n) is 3.46. The van der Waals surface area contributed by atoms with E-state index in [1.807, 2.05) is 0 Å². The van der Waals surface area contributed by atoms with Crippen molar-refractivity contribution in [2.45, 2.75) is 46.7 Å². The van der Waals surface area contributed by atoms with Gasteiger partial charge in [0.1, 0.15) is 0 Å². The molecule has 0 fully saturated rings. The molecule has 0 bridgehead atoms. The zero-order valence-corrected chi connectivity index (χ0v) is 15.9. The number of nitro groups is 1. The van der Waals surface area contributed by atoms with Gasteiger partial charge in [-0.2, -0.15) is 0 Å². The van der Waals surface area contributed by atoms with Crippen LogP contribution in [0.15, 0.2) is 23.4 Å². The Hall–Kier alpha value is -2.22. The zero-order valence-electron chi connectivity index (χ0n) is 15.1. The highest BCUT2D eigenvalue weighted by Gasteiger charge is 2.31. The molecular weight excluding hydrogens is 342 g/mol. The molecule has 0 spiro atoms. The number of non-ortho nitro benzene ring substituents is 1. The zero-order chi connectivity index (χ0) is 19.2. The van der Waals surface area contributed by atoms with E-state index in [1.165, 1.54) is 22.8 Å². The number of aromatic nitrogens is 2. The van der Waals surface area contributed by atoms with Crippen LogP contribution in [0, 0.1) is 20.9 Å². The van der Waals surface area contributed by atoms with Gasteiger partial charge in [-0.05, 0) is 17.8 Å². The van der Waals surface area contributed by atoms with Gasteiger partial charge in [0.2, 0.25) is 11.0 Å². The molecule has 0 amide bonds. The number of hydrogen-bond donors (Lipinski definition) is 0. The van der Waals surface area contributed by atoms with Crippen molar-refractivity contribution in [1.82, 2.24) is 9.55 Å². The van der Waals surface area contributed by atoms with Crippen molar-refractivity contribution < 1.29 is 14.5 Å². The van der Waals surface area contributed by atoms with Crippen molar-refractivity contribution in [3.05, 3.63) is 28.3 Å². The summed E-state index contributed by atoms with van der Waals surface area (Å²) >= 11 is 0.884. The molecular formula is C17H21N3O4S. The van der Waals surface area contributed by atoms with Crippen molar-refractivity contribution >= 4 is 39.5 Å². The van der Waals surface area contributed by atoms with E-state index in [4.69, 9.17) is 0 Å². The second-order valence-corrected chi connectivity index (χ2v) is 8.79. The third kappa shape index (κ3) is 3.89. The molecule has 0 saturated heterocycles. The van der Waals surface area contributed by atoms with Crippen LogP contribution in [0.1, 0.15) is 46.3 Å². The predicted octanol–water partition coefficient (Wildman–Crippen LogP) is 4.30. The SMILES string of the molecule is CC(C)(C)C(=O)Sc1nc2cc([N+](=O)[O-])ccc2n1C(=O)C(C)(C)C. The second-order valence-electron chi connectivity index (χ2n) is 7.85. The number of nitrogens with zero attached hydrogens (tertiary/aromatic N) is 3. The number of carbonyl (C=O) groups is 2. The number of thioether (sulfide) groups is 1. The number of benzene rings is 1. The molecule has 0 unspecified atom stereocenters. The van der Waals surface area contributed by atoms with Crippen LogP contribution in [0.4, 0.5) is 5.69 Å². The van der Waals surface area contributed by atoms with E-state index in [0.29, 0.717) is 11.0 Å². The molecule has 1 aromatic carbocycles. The normalized spacial score (nSPS) is 12.4. The van der Waals surface area contributed by atoms with Gasteiger partial charge in [-0.3, -0.25) is 24.3 Å². The highest BCUT2D eigenvalue weighted by Crippen LogP contribution is 2.34. The Balaban J connectivity index is 2.67. The molecule has 2 aromatic rings. The van der Waals surface area contributed by atoms with Crippen LogP contribution < -0.4 is 0 Å². The summed E-state index contributed by atoms with van der Waals surface area (Å²) in [6.07, 6.45) is 0. The molecule has 1 aromatic heterocycles. The fourth-order valence-electron chi connectivity index (χ4n) is 2.00. The first kappa shape index (κ1) is 19.1. The summed E-state index contributed by atoms with van der Waals surface area (Å²) in [4.78, 5) is 40.1. The van der Waals surface area contributed by atoms with Crippen LogP contribution >= 0.6 is 11.8 Å². The first-order chi connectivity index (χ1) is 11.3. The Bertz CT molecular complexity index is 872. The first-order valence-electron chi connectivity index (χ1n) is 7.76. The molecule has 25 heavy (non-hydrogen) atoms. The number of hydrogen-bond acceptors (Lipinski definition) is 6. The number of carbonyl (C=O) groups excluding carboxylic acids is 2. The van der Waals surface area contributed by atoms with E-state index < -0.39 is 15.8 Å². The van der Waals surface area contributed by atoms with E-state index in [-0.39, 0.29) is 21.9 Å². The van der Waals surface area contributed by atoms with Crippen molar-refractivity contribution in [3.8, 4) is 0 Å². The maximum Gasteiger partial charge on any atom is 0.271 e. The van der Waals surface area contributed by atoms with Crippen molar-refractivity contribution in [1.29, 1.82) is 0 Å². The molecule has 0 radical (unpaired) electrons. The van der Waals surface area contributed by atoms with Crippen molar-refractivity contribution in [2.75, 3.05) is 0 Å². The number of nitro benzene ring substituents is 1. The Morgan fingerprint density at radius 2 is 1.72 bits per heavy atom. The summed E-state index contributed by atoms with van der Waals surface area (Å²) in [5, 5.41) is 11.1. The van der Waals surface area contributed by atoms with E-state index in [2.05, 4.69) is 4.98 Å². The topological polar surface area (TPSA) is 95.1 Å². The van der Waals surface area contributed by atoms with Gasteiger partial charge in [0.25, 0.3) is 5.69 Å². The Morgan fingerprint density at radius 3 is 2.20 bits per heavy atom. The molecule has 8 heteroatoms. The fraction of sp³-hybridized carbons (Fsp3) is 0.471. The summed E-state index contributed by atoms with van der Waals surface area (Å²) < 4.78 is 1.38. The summed E-state index contributed by atoms with van der Waals surface area (Å²) in [7, 11) is 0. The van der Waals surface area contributed by atoms with Gasteiger partial charge in [-0.25, -0.2) is 4.98 Å². The maximum atomic E-state index is 12.9. The minimum atomic E-state index is -0.699. The summed E-state index contributed by atoms with van der Waals surface area (Å²) in [6, 6.07) is 4.14. The second kappa shape index (κ2) is 6.25. The van der Waals surface area contributed by atoms with Gasteiger partial charge in [0.05, 0.1) is 16.0 Å². The van der Waals surface area contributed by atoms with Gasteiger partial charge < -0.3 is 0 Å². The van der Waals surface area contributed by atoms with E-state index >= 15 is 0 Å². The van der Waals surface area contributed by atoms with Crippen molar-refractivity contribution in [2.24, 2.45) is 10.8 Å². The molecule has 0 N–H and O–H groups in total. The smallest absolute Gasteiger partial charge is 0.271 e. The number of imidazole rings is 1. The lowest BCUT2D eigenvalue weighted by Crippen LogP contribution is -2.28. The number of rotatable bonds is 2. The molecule has 2 rings (SSSR count). The number of fused-ring (bicyclic) bond motifs is 1.